The molecule has 1 unspecified atom stereocenters. The molecule has 0 saturated heterocycles. The van der Waals surface area contributed by atoms with E-state index in [4.69, 9.17) is 0 Å². The lowest BCUT2D eigenvalue weighted by Gasteiger charge is -2.31. The minimum absolute atomic E-state index is 0.0312. The second-order valence-corrected chi connectivity index (χ2v) is 3.58. The molecule has 13 heavy (non-hydrogen) atoms. The van der Waals surface area contributed by atoms with Crippen LogP contribution in [-0.4, -0.2) is 11.9 Å². The summed E-state index contributed by atoms with van der Waals surface area (Å²) in [7, 11) is 0. The maximum atomic E-state index is 4.40. The van der Waals surface area contributed by atoms with Crippen molar-refractivity contribution in [1.29, 1.82) is 0 Å². The Labute approximate surface area is 77.1 Å². The molecule has 2 heterocycles. The zero-order valence-electron chi connectivity index (χ0n) is 7.27. The van der Waals surface area contributed by atoms with Crippen molar-refractivity contribution in [1.82, 2.24) is 0 Å². The predicted molar refractivity (Wildman–Crippen MR) is 54.0 cm³/mol. The van der Waals surface area contributed by atoms with E-state index in [9.17, 15) is 0 Å². The van der Waals surface area contributed by atoms with E-state index < -0.39 is 0 Å². The molecule has 3 rings (SSSR count). The summed E-state index contributed by atoms with van der Waals surface area (Å²) in [6, 6.07) is 0. The Morgan fingerprint density at radius 3 is 3.38 bits per heavy atom. The van der Waals surface area contributed by atoms with Gasteiger partial charge in [-0.1, -0.05) is 12.2 Å². The molecule has 0 aromatic heterocycles. The van der Waals surface area contributed by atoms with Gasteiger partial charge >= 0.3 is 0 Å². The first-order valence-electron chi connectivity index (χ1n) is 4.59. The highest BCUT2D eigenvalue weighted by atomic mass is 14.9. The van der Waals surface area contributed by atoms with Gasteiger partial charge in [-0.2, -0.15) is 0 Å². The van der Waals surface area contributed by atoms with Crippen molar-refractivity contribution >= 4 is 11.9 Å². The fraction of sp³-hybridized carbons (Fsp3) is 0.273. The molecule has 3 aliphatic rings. The third-order valence-electron chi connectivity index (χ3n) is 2.90. The Balaban J connectivity index is 2.18. The molecule has 0 aromatic carbocycles. The third kappa shape index (κ3) is 0.777. The monoisotopic (exact) mass is 170 g/mol. The SMILES string of the molecule is C1=CC23CCC=CC2=NC=C3N=C1. The number of nitrogens with zero attached hydrogens (tertiary/aromatic N) is 2. The van der Waals surface area contributed by atoms with Crippen LogP contribution in [0, 0.1) is 5.41 Å². The first-order valence-corrected chi connectivity index (χ1v) is 4.59. The Hall–Kier alpha value is -1.44. The topological polar surface area (TPSA) is 24.7 Å². The summed E-state index contributed by atoms with van der Waals surface area (Å²) in [6.07, 6.45) is 14.5. The van der Waals surface area contributed by atoms with Gasteiger partial charge in [0, 0.05) is 12.4 Å². The van der Waals surface area contributed by atoms with Crippen LogP contribution in [0.2, 0.25) is 0 Å². The Kier molecular flexibility index (Phi) is 1.23. The van der Waals surface area contributed by atoms with E-state index in [1.165, 1.54) is 0 Å². The van der Waals surface area contributed by atoms with Crippen LogP contribution in [-0.2, 0) is 0 Å². The van der Waals surface area contributed by atoms with Crippen molar-refractivity contribution in [2.45, 2.75) is 12.8 Å². The van der Waals surface area contributed by atoms with Crippen molar-refractivity contribution in [3.05, 3.63) is 36.2 Å². The molecule has 1 spiro atoms. The average Bonchev–Trinajstić information content (AvgIpc) is 2.56. The van der Waals surface area contributed by atoms with Gasteiger partial charge in [0.2, 0.25) is 0 Å². The molecule has 0 radical (unpaired) electrons. The van der Waals surface area contributed by atoms with E-state index >= 15 is 0 Å². The molecular formula is C11H10N2. The maximum Gasteiger partial charge on any atom is 0.0749 e. The van der Waals surface area contributed by atoms with Gasteiger partial charge in [-0.05, 0) is 25.0 Å². The summed E-state index contributed by atoms with van der Waals surface area (Å²) in [4.78, 5) is 8.76. The third-order valence-corrected chi connectivity index (χ3v) is 2.90. The molecule has 2 aliphatic heterocycles. The van der Waals surface area contributed by atoms with Crippen molar-refractivity contribution < 1.29 is 0 Å². The van der Waals surface area contributed by atoms with Crippen molar-refractivity contribution in [3.63, 3.8) is 0 Å². The largest absolute Gasteiger partial charge is 0.258 e. The molecule has 0 aromatic rings. The van der Waals surface area contributed by atoms with Crippen molar-refractivity contribution in [3.8, 4) is 0 Å². The van der Waals surface area contributed by atoms with Gasteiger partial charge in [-0.15, -0.1) is 0 Å². The summed E-state index contributed by atoms with van der Waals surface area (Å²) in [5.74, 6) is 0. The predicted octanol–water partition coefficient (Wildman–Crippen LogP) is 2.26. The summed E-state index contributed by atoms with van der Waals surface area (Å²) < 4.78 is 0. The smallest absolute Gasteiger partial charge is 0.0749 e. The molecular weight excluding hydrogens is 160 g/mol. The molecule has 0 fully saturated rings. The van der Waals surface area contributed by atoms with Crippen LogP contribution < -0.4 is 0 Å². The van der Waals surface area contributed by atoms with Gasteiger partial charge in [0.25, 0.3) is 0 Å². The number of hydrogen-bond acceptors (Lipinski definition) is 2. The zero-order valence-corrected chi connectivity index (χ0v) is 7.27. The maximum absolute atomic E-state index is 4.40. The van der Waals surface area contributed by atoms with Crippen LogP contribution >= 0.6 is 0 Å². The number of rotatable bonds is 0. The molecule has 1 atom stereocenters. The van der Waals surface area contributed by atoms with Crippen LogP contribution in [0.4, 0.5) is 0 Å². The number of allylic oxidation sites excluding steroid dienone is 4. The number of aliphatic imine (C=N–C) groups is 2. The molecule has 2 nitrogen and oxygen atoms in total. The Morgan fingerprint density at radius 2 is 2.38 bits per heavy atom. The molecule has 0 amide bonds. The van der Waals surface area contributed by atoms with E-state index in [1.807, 2.05) is 18.5 Å². The Morgan fingerprint density at radius 1 is 1.38 bits per heavy atom. The average molecular weight is 170 g/mol. The van der Waals surface area contributed by atoms with E-state index in [0.29, 0.717) is 0 Å². The fourth-order valence-corrected chi connectivity index (χ4v) is 2.18. The van der Waals surface area contributed by atoms with E-state index in [2.05, 4.69) is 28.2 Å². The van der Waals surface area contributed by atoms with Crippen LogP contribution in [0.15, 0.2) is 46.2 Å². The highest BCUT2D eigenvalue weighted by molar-refractivity contribution is 6.07. The minimum Gasteiger partial charge on any atom is -0.258 e. The van der Waals surface area contributed by atoms with Gasteiger partial charge in [-0.3, -0.25) is 9.98 Å². The molecule has 1 aliphatic carbocycles. The van der Waals surface area contributed by atoms with Crippen LogP contribution in [0.25, 0.3) is 0 Å². The molecule has 0 saturated carbocycles. The van der Waals surface area contributed by atoms with E-state index in [0.717, 1.165) is 24.3 Å². The van der Waals surface area contributed by atoms with Gasteiger partial charge < -0.3 is 0 Å². The number of hydrogen-bond donors (Lipinski definition) is 0. The van der Waals surface area contributed by atoms with Gasteiger partial charge in [0.15, 0.2) is 0 Å². The van der Waals surface area contributed by atoms with E-state index in [-0.39, 0.29) is 5.41 Å². The summed E-state index contributed by atoms with van der Waals surface area (Å²) in [5.41, 5.74) is 2.29. The lowest BCUT2D eigenvalue weighted by atomic mass is 9.73. The van der Waals surface area contributed by atoms with Crippen molar-refractivity contribution in [2.24, 2.45) is 15.4 Å². The van der Waals surface area contributed by atoms with Crippen LogP contribution in [0.1, 0.15) is 12.8 Å². The number of dihydropyridines is 1. The molecule has 64 valence electrons. The minimum atomic E-state index is 0.0312. The summed E-state index contributed by atoms with van der Waals surface area (Å²) >= 11 is 0. The molecule has 0 N–H and O–H groups in total. The zero-order chi connectivity index (χ0) is 8.73. The summed E-state index contributed by atoms with van der Waals surface area (Å²) in [6.45, 7) is 0. The quantitative estimate of drug-likeness (QED) is 0.532. The lowest BCUT2D eigenvalue weighted by Crippen LogP contribution is -2.30. The van der Waals surface area contributed by atoms with Crippen LogP contribution in [0.3, 0.4) is 0 Å². The van der Waals surface area contributed by atoms with Crippen LogP contribution in [0.5, 0.6) is 0 Å². The highest BCUT2D eigenvalue weighted by Gasteiger charge is 2.40. The standard InChI is InChI=1S/C11H10N2/c1-2-5-11-6-3-7-12-10(11)8-13-9(11)4-1/h1,3-4,6-8H,2,5H2. The highest BCUT2D eigenvalue weighted by Crippen LogP contribution is 2.44. The van der Waals surface area contributed by atoms with Gasteiger partial charge in [0.1, 0.15) is 0 Å². The summed E-state index contributed by atoms with van der Waals surface area (Å²) in [5, 5.41) is 0. The fourth-order valence-electron chi connectivity index (χ4n) is 2.18. The van der Waals surface area contributed by atoms with Gasteiger partial charge in [0.05, 0.1) is 16.8 Å². The van der Waals surface area contributed by atoms with Crippen molar-refractivity contribution in [2.75, 3.05) is 0 Å². The van der Waals surface area contributed by atoms with E-state index in [1.54, 1.807) is 0 Å². The first kappa shape index (κ1) is 7.01. The second kappa shape index (κ2) is 2.28. The molecule has 2 heteroatoms. The lowest BCUT2D eigenvalue weighted by molar-refractivity contribution is 0.569. The first-order chi connectivity index (χ1) is 6.42. The Bertz CT molecular complexity index is 396. The second-order valence-electron chi connectivity index (χ2n) is 3.58. The van der Waals surface area contributed by atoms with Gasteiger partial charge in [-0.25, -0.2) is 0 Å². The normalized spacial score (nSPS) is 33.8. The molecule has 0 bridgehead atoms.